The van der Waals surface area contributed by atoms with Gasteiger partial charge < -0.3 is 16.2 Å². The molecule has 2 unspecified atom stereocenters. The average Bonchev–Trinajstić information content (AvgIpc) is 2.59. The first-order chi connectivity index (χ1) is 11.4. The van der Waals surface area contributed by atoms with Crippen molar-refractivity contribution < 1.29 is 19.5 Å². The van der Waals surface area contributed by atoms with Crippen LogP contribution in [0.4, 0.5) is 0 Å². The zero-order valence-electron chi connectivity index (χ0n) is 13.2. The number of hydrogen-bond donors (Lipinski definition) is 3. The molecule has 7 nitrogen and oxygen atoms in total. The van der Waals surface area contributed by atoms with Crippen LogP contribution in [0.1, 0.15) is 19.8 Å². The van der Waals surface area contributed by atoms with E-state index in [1.165, 1.54) is 16.7 Å². The number of carboxylic acids is 1. The van der Waals surface area contributed by atoms with Gasteiger partial charge in [0.1, 0.15) is 23.2 Å². The predicted octanol–water partition coefficient (Wildman–Crippen LogP) is 0.349. The minimum absolute atomic E-state index is 0.0265. The molecule has 0 spiro atoms. The molecule has 2 aliphatic heterocycles. The SMILES string of the molecule is CC1=C(C(=O)O)N2C(=O)C(NC(=O)C(N)C3=CCC=CC3)[C@@H]2SC1. The van der Waals surface area contributed by atoms with E-state index in [0.717, 1.165) is 12.0 Å². The molecule has 0 aromatic heterocycles. The molecule has 0 aromatic carbocycles. The monoisotopic (exact) mass is 349 g/mol. The summed E-state index contributed by atoms with van der Waals surface area (Å²) in [6.07, 6.45) is 7.26. The van der Waals surface area contributed by atoms with E-state index in [0.29, 0.717) is 17.7 Å². The molecule has 3 atom stereocenters. The smallest absolute Gasteiger partial charge is 0.352 e. The topological polar surface area (TPSA) is 113 Å². The third-order valence-corrected chi connectivity index (χ3v) is 5.80. The Bertz CT molecular complexity index is 697. The van der Waals surface area contributed by atoms with Gasteiger partial charge in [0.25, 0.3) is 5.91 Å². The summed E-state index contributed by atoms with van der Waals surface area (Å²) < 4.78 is 0. The van der Waals surface area contributed by atoms with Crippen molar-refractivity contribution in [2.24, 2.45) is 5.73 Å². The van der Waals surface area contributed by atoms with E-state index in [-0.39, 0.29) is 11.1 Å². The van der Waals surface area contributed by atoms with Crippen molar-refractivity contribution in [1.82, 2.24) is 10.2 Å². The van der Waals surface area contributed by atoms with Gasteiger partial charge in [0, 0.05) is 5.75 Å². The number of fused-ring (bicyclic) bond motifs is 1. The maximum Gasteiger partial charge on any atom is 0.352 e. The number of rotatable bonds is 4. The molecule has 128 valence electrons. The van der Waals surface area contributed by atoms with Gasteiger partial charge in [0.05, 0.1) is 0 Å². The second kappa shape index (κ2) is 6.45. The Morgan fingerprint density at radius 3 is 2.83 bits per heavy atom. The number of carboxylic acid groups (broad SMARTS) is 1. The molecule has 1 fully saturated rings. The third-order valence-electron chi connectivity index (χ3n) is 4.38. The van der Waals surface area contributed by atoms with Crippen molar-refractivity contribution in [2.45, 2.75) is 37.2 Å². The summed E-state index contributed by atoms with van der Waals surface area (Å²) in [5.74, 6) is -1.41. The van der Waals surface area contributed by atoms with Crippen LogP contribution in [0.25, 0.3) is 0 Å². The summed E-state index contributed by atoms with van der Waals surface area (Å²) in [5.41, 5.74) is 7.49. The molecule has 0 radical (unpaired) electrons. The van der Waals surface area contributed by atoms with Crippen LogP contribution in [0.3, 0.4) is 0 Å². The molecule has 1 saturated heterocycles. The van der Waals surface area contributed by atoms with E-state index >= 15 is 0 Å². The molecule has 0 bridgehead atoms. The van der Waals surface area contributed by atoms with Crippen LogP contribution in [0.15, 0.2) is 35.1 Å². The number of hydrogen-bond acceptors (Lipinski definition) is 5. The van der Waals surface area contributed by atoms with E-state index in [9.17, 15) is 19.5 Å². The lowest BCUT2D eigenvalue weighted by Crippen LogP contribution is -2.71. The summed E-state index contributed by atoms with van der Waals surface area (Å²) in [5, 5.41) is 11.6. The number of allylic oxidation sites excluding steroid dienone is 3. The van der Waals surface area contributed by atoms with Gasteiger partial charge in [-0.2, -0.15) is 0 Å². The fourth-order valence-electron chi connectivity index (χ4n) is 3.06. The summed E-state index contributed by atoms with van der Waals surface area (Å²) >= 11 is 1.45. The Morgan fingerprint density at radius 1 is 1.46 bits per heavy atom. The number of carbonyl (C=O) groups excluding carboxylic acids is 2. The first-order valence-corrected chi connectivity index (χ1v) is 8.74. The molecular formula is C16H19N3O4S. The number of aliphatic carboxylic acids is 1. The second-order valence-electron chi connectivity index (χ2n) is 6.00. The van der Waals surface area contributed by atoms with Crippen molar-refractivity contribution >= 4 is 29.5 Å². The largest absolute Gasteiger partial charge is 0.477 e. The molecule has 4 N–H and O–H groups in total. The Morgan fingerprint density at radius 2 is 2.21 bits per heavy atom. The molecule has 3 rings (SSSR count). The van der Waals surface area contributed by atoms with Gasteiger partial charge in [0.2, 0.25) is 5.91 Å². The Labute approximate surface area is 143 Å². The molecule has 8 heteroatoms. The van der Waals surface area contributed by atoms with Gasteiger partial charge in [-0.05, 0) is 30.9 Å². The normalized spacial score (nSPS) is 27.2. The van der Waals surface area contributed by atoms with Gasteiger partial charge in [-0.3, -0.25) is 14.5 Å². The van der Waals surface area contributed by atoms with Crippen LogP contribution < -0.4 is 11.1 Å². The fourth-order valence-corrected chi connectivity index (χ4v) is 4.35. The minimum atomic E-state index is -1.12. The van der Waals surface area contributed by atoms with Crippen LogP contribution in [-0.4, -0.2) is 51.0 Å². The zero-order valence-corrected chi connectivity index (χ0v) is 14.0. The highest BCUT2D eigenvalue weighted by atomic mass is 32.2. The lowest BCUT2D eigenvalue weighted by atomic mass is 9.97. The van der Waals surface area contributed by atoms with Crippen LogP contribution in [0, 0.1) is 0 Å². The quantitative estimate of drug-likeness (QED) is 0.499. The summed E-state index contributed by atoms with van der Waals surface area (Å²) in [7, 11) is 0. The van der Waals surface area contributed by atoms with Crippen molar-refractivity contribution in [3.05, 3.63) is 35.1 Å². The summed E-state index contributed by atoms with van der Waals surface area (Å²) in [6, 6.07) is -1.52. The van der Waals surface area contributed by atoms with Crippen LogP contribution in [-0.2, 0) is 14.4 Å². The number of amides is 2. The van der Waals surface area contributed by atoms with Crippen molar-refractivity contribution in [3.63, 3.8) is 0 Å². The minimum Gasteiger partial charge on any atom is -0.477 e. The summed E-state index contributed by atoms with van der Waals surface area (Å²) in [6.45, 7) is 1.70. The maximum absolute atomic E-state index is 12.3. The lowest BCUT2D eigenvalue weighted by Gasteiger charge is -2.49. The second-order valence-corrected chi connectivity index (χ2v) is 7.10. The van der Waals surface area contributed by atoms with Crippen LogP contribution >= 0.6 is 11.8 Å². The van der Waals surface area contributed by atoms with E-state index in [1.807, 2.05) is 18.2 Å². The predicted molar refractivity (Wildman–Crippen MR) is 89.8 cm³/mol. The highest BCUT2D eigenvalue weighted by Crippen LogP contribution is 2.40. The Kier molecular flexibility index (Phi) is 4.51. The molecule has 0 aromatic rings. The first kappa shape index (κ1) is 16.8. The van der Waals surface area contributed by atoms with Gasteiger partial charge >= 0.3 is 5.97 Å². The lowest BCUT2D eigenvalue weighted by molar-refractivity contribution is -0.150. The molecular weight excluding hydrogens is 330 g/mol. The van der Waals surface area contributed by atoms with E-state index in [2.05, 4.69) is 5.32 Å². The standard InChI is InChI=1S/C16H19N3O4S/c1-8-7-24-15-11(14(21)19(15)12(8)16(22)23)18-13(20)10(17)9-5-3-2-4-6-9/h2-3,6,10-11,15H,4-5,7,17H2,1H3,(H,18,20)(H,22,23)/t10?,11?,15-/m0/s1. The number of carbonyl (C=O) groups is 3. The molecule has 1 aliphatic carbocycles. The summed E-state index contributed by atoms with van der Waals surface area (Å²) in [4.78, 5) is 37.3. The van der Waals surface area contributed by atoms with E-state index in [1.54, 1.807) is 6.92 Å². The van der Waals surface area contributed by atoms with Crippen molar-refractivity contribution in [1.29, 1.82) is 0 Å². The highest BCUT2D eigenvalue weighted by Gasteiger charge is 2.53. The van der Waals surface area contributed by atoms with Gasteiger partial charge in [-0.15, -0.1) is 11.8 Å². The average molecular weight is 349 g/mol. The van der Waals surface area contributed by atoms with Crippen LogP contribution in [0.5, 0.6) is 0 Å². The first-order valence-electron chi connectivity index (χ1n) is 7.69. The fraction of sp³-hybridized carbons (Fsp3) is 0.438. The molecule has 2 heterocycles. The van der Waals surface area contributed by atoms with Crippen molar-refractivity contribution in [3.8, 4) is 0 Å². The number of nitrogens with two attached hydrogens (primary N) is 1. The molecule has 0 saturated carbocycles. The number of thioether (sulfide) groups is 1. The number of nitrogens with one attached hydrogen (secondary N) is 1. The molecule has 3 aliphatic rings. The van der Waals surface area contributed by atoms with Gasteiger partial charge in [0.15, 0.2) is 0 Å². The van der Waals surface area contributed by atoms with E-state index in [4.69, 9.17) is 5.73 Å². The van der Waals surface area contributed by atoms with E-state index < -0.39 is 29.9 Å². The van der Waals surface area contributed by atoms with Crippen LogP contribution in [0.2, 0.25) is 0 Å². The van der Waals surface area contributed by atoms with Gasteiger partial charge in [-0.25, -0.2) is 4.79 Å². The third kappa shape index (κ3) is 2.76. The zero-order chi connectivity index (χ0) is 17.4. The number of β-lactam (4-membered cyclic amide) rings is 1. The highest BCUT2D eigenvalue weighted by molar-refractivity contribution is 8.00. The molecule has 2 amide bonds. The Hall–Kier alpha value is -2.06. The van der Waals surface area contributed by atoms with Gasteiger partial charge in [-0.1, -0.05) is 18.2 Å². The number of nitrogens with zero attached hydrogens (tertiary/aromatic N) is 1. The molecule has 24 heavy (non-hydrogen) atoms. The van der Waals surface area contributed by atoms with Crippen molar-refractivity contribution in [2.75, 3.05) is 5.75 Å². The maximum atomic E-state index is 12.3. The Balaban J connectivity index is 1.68.